The Morgan fingerprint density at radius 3 is 2.72 bits per heavy atom. The Morgan fingerprint density at radius 2 is 2.03 bits per heavy atom. The zero-order chi connectivity index (χ0) is 20.6. The molecule has 1 saturated heterocycles. The number of carbonyl (C=O) groups is 2. The van der Waals surface area contributed by atoms with Crippen LogP contribution in [0.5, 0.6) is 0 Å². The number of carbonyl (C=O) groups excluding carboxylic acids is 2. The monoisotopic (exact) mass is 401 g/mol. The van der Waals surface area contributed by atoms with E-state index in [4.69, 9.17) is 0 Å². The number of ether oxygens (including phenoxy) is 1. The van der Waals surface area contributed by atoms with Crippen molar-refractivity contribution in [2.45, 2.75) is 64.3 Å². The maximum atomic E-state index is 11.6. The number of methoxy groups -OCH3 is 1. The van der Waals surface area contributed by atoms with Crippen molar-refractivity contribution in [3.8, 4) is 0 Å². The molecule has 160 valence electrons. The minimum Gasteiger partial charge on any atom is -0.453 e. The van der Waals surface area contributed by atoms with E-state index >= 15 is 0 Å². The van der Waals surface area contributed by atoms with Gasteiger partial charge in [0.05, 0.1) is 7.11 Å². The summed E-state index contributed by atoms with van der Waals surface area (Å²) in [4.78, 5) is 27.6. The van der Waals surface area contributed by atoms with Gasteiger partial charge in [-0.05, 0) is 68.7 Å². The fourth-order valence-corrected chi connectivity index (χ4v) is 4.75. The van der Waals surface area contributed by atoms with E-state index in [-0.39, 0.29) is 0 Å². The molecule has 1 aliphatic heterocycles. The van der Waals surface area contributed by atoms with Gasteiger partial charge in [-0.2, -0.15) is 0 Å². The van der Waals surface area contributed by atoms with Crippen molar-refractivity contribution >= 4 is 23.9 Å². The van der Waals surface area contributed by atoms with Crippen LogP contribution in [0.2, 0.25) is 0 Å². The summed E-state index contributed by atoms with van der Waals surface area (Å²) >= 11 is 0. The second-order valence-electron chi connectivity index (χ2n) is 8.49. The van der Waals surface area contributed by atoms with Crippen LogP contribution in [-0.4, -0.2) is 50.2 Å². The van der Waals surface area contributed by atoms with Gasteiger partial charge in [-0.1, -0.05) is 19.3 Å². The summed E-state index contributed by atoms with van der Waals surface area (Å²) in [7, 11) is 1.37. The number of nitrogens with zero attached hydrogens (tertiary/aromatic N) is 2. The second-order valence-corrected chi connectivity index (χ2v) is 8.49. The molecule has 0 radical (unpaired) electrons. The predicted octanol–water partition coefficient (Wildman–Crippen LogP) is 4.57. The highest BCUT2D eigenvalue weighted by Gasteiger charge is 2.24. The van der Waals surface area contributed by atoms with Gasteiger partial charge >= 0.3 is 6.09 Å². The molecule has 1 aromatic rings. The topological polar surface area (TPSA) is 61.9 Å². The molecule has 6 nitrogen and oxygen atoms in total. The average molecular weight is 402 g/mol. The Balaban J connectivity index is 1.55. The zero-order valence-electron chi connectivity index (χ0n) is 17.9. The molecule has 1 aromatic carbocycles. The van der Waals surface area contributed by atoms with E-state index in [1.54, 1.807) is 0 Å². The van der Waals surface area contributed by atoms with Gasteiger partial charge in [-0.15, -0.1) is 0 Å². The highest BCUT2D eigenvalue weighted by Crippen LogP contribution is 2.29. The van der Waals surface area contributed by atoms with Crippen LogP contribution in [0.4, 0.5) is 16.2 Å². The molecule has 2 amide bonds. The van der Waals surface area contributed by atoms with E-state index in [1.807, 2.05) is 13.0 Å². The smallest absolute Gasteiger partial charge is 0.411 e. The number of rotatable bonds is 7. The molecule has 6 heteroatoms. The maximum Gasteiger partial charge on any atom is 0.411 e. The SMILES string of the molecule is COC(=O)Nc1ccc(N2CCCC(CCN(C=O)C3CCCCC3)C2)cc1C. The predicted molar refractivity (Wildman–Crippen MR) is 116 cm³/mol. The molecule has 1 saturated carbocycles. The number of benzene rings is 1. The molecule has 2 fully saturated rings. The molecule has 0 aromatic heterocycles. The molecule has 1 atom stereocenters. The van der Waals surface area contributed by atoms with Gasteiger partial charge in [0.15, 0.2) is 0 Å². The Kier molecular flexibility index (Phi) is 7.78. The summed E-state index contributed by atoms with van der Waals surface area (Å²) < 4.78 is 4.68. The summed E-state index contributed by atoms with van der Waals surface area (Å²) in [5.41, 5.74) is 3.00. The van der Waals surface area contributed by atoms with E-state index in [0.29, 0.717) is 12.0 Å². The van der Waals surface area contributed by atoms with E-state index < -0.39 is 6.09 Å². The lowest BCUT2D eigenvalue weighted by molar-refractivity contribution is -0.121. The number of amides is 2. The number of hydrogen-bond acceptors (Lipinski definition) is 4. The second kappa shape index (κ2) is 10.5. The molecule has 3 rings (SSSR count). The molecule has 2 aliphatic rings. The van der Waals surface area contributed by atoms with Crippen molar-refractivity contribution < 1.29 is 14.3 Å². The van der Waals surface area contributed by atoms with E-state index in [2.05, 4.69) is 32.0 Å². The summed E-state index contributed by atoms with van der Waals surface area (Å²) in [6.45, 7) is 4.97. The van der Waals surface area contributed by atoms with Gasteiger partial charge in [0.25, 0.3) is 0 Å². The quantitative estimate of drug-likeness (QED) is 0.680. The standard InChI is InChI=1S/C23H35N3O3/c1-18-15-21(10-11-22(18)24-23(28)29-2)25-13-6-7-19(16-25)12-14-26(17-27)20-8-4-3-5-9-20/h10-11,15,17,19-20H,3-9,12-14,16H2,1-2H3,(H,24,28). The fourth-order valence-electron chi connectivity index (χ4n) is 4.75. The number of aryl methyl sites for hydroxylation is 1. The van der Waals surface area contributed by atoms with E-state index in [0.717, 1.165) is 43.7 Å². The van der Waals surface area contributed by atoms with Crippen LogP contribution >= 0.6 is 0 Å². The van der Waals surface area contributed by atoms with Gasteiger partial charge in [-0.3, -0.25) is 10.1 Å². The van der Waals surface area contributed by atoms with Crippen LogP contribution in [0.1, 0.15) is 56.9 Å². The fraction of sp³-hybridized carbons (Fsp3) is 0.652. The third-order valence-corrected chi connectivity index (χ3v) is 6.49. The first-order valence-electron chi connectivity index (χ1n) is 11.0. The zero-order valence-corrected chi connectivity index (χ0v) is 17.9. The molecule has 1 N–H and O–H groups in total. The van der Waals surface area contributed by atoms with Crippen molar-refractivity contribution in [3.05, 3.63) is 23.8 Å². The molecule has 29 heavy (non-hydrogen) atoms. The number of nitrogens with one attached hydrogen (secondary N) is 1. The van der Waals surface area contributed by atoms with Crippen LogP contribution < -0.4 is 10.2 Å². The summed E-state index contributed by atoms with van der Waals surface area (Å²) in [5, 5.41) is 2.75. The van der Waals surface area contributed by atoms with Gasteiger partial charge < -0.3 is 14.5 Å². The summed E-state index contributed by atoms with van der Waals surface area (Å²) in [6.07, 6.45) is 10.3. The van der Waals surface area contributed by atoms with Gasteiger partial charge in [0.1, 0.15) is 0 Å². The first-order valence-corrected chi connectivity index (χ1v) is 11.0. The summed E-state index contributed by atoms with van der Waals surface area (Å²) in [5.74, 6) is 0.614. The van der Waals surface area contributed by atoms with Crippen LogP contribution in [0.3, 0.4) is 0 Å². The number of anilines is 2. The Morgan fingerprint density at radius 1 is 1.24 bits per heavy atom. The lowest BCUT2D eigenvalue weighted by atomic mass is 9.92. The third-order valence-electron chi connectivity index (χ3n) is 6.49. The summed E-state index contributed by atoms with van der Waals surface area (Å²) in [6, 6.07) is 6.61. The molecule has 1 aliphatic carbocycles. The van der Waals surface area contributed by atoms with Crippen LogP contribution in [0.25, 0.3) is 0 Å². The first-order chi connectivity index (χ1) is 14.1. The molecule has 1 heterocycles. The van der Waals surface area contributed by atoms with Gasteiger partial charge in [-0.25, -0.2) is 4.79 Å². The van der Waals surface area contributed by atoms with Crippen LogP contribution in [0, 0.1) is 12.8 Å². The van der Waals surface area contributed by atoms with Gasteiger partial charge in [0, 0.05) is 37.1 Å². The highest BCUT2D eigenvalue weighted by molar-refractivity contribution is 5.86. The molecular weight excluding hydrogens is 366 g/mol. The normalized spacial score (nSPS) is 20.2. The molecular formula is C23H35N3O3. The molecule has 1 unspecified atom stereocenters. The van der Waals surface area contributed by atoms with E-state index in [9.17, 15) is 9.59 Å². The first kappa shape index (κ1) is 21.5. The largest absolute Gasteiger partial charge is 0.453 e. The van der Waals surface area contributed by atoms with Crippen molar-refractivity contribution in [1.29, 1.82) is 0 Å². The van der Waals surface area contributed by atoms with Crippen LogP contribution in [0.15, 0.2) is 18.2 Å². The van der Waals surface area contributed by atoms with Crippen molar-refractivity contribution in [1.82, 2.24) is 4.90 Å². The number of piperidine rings is 1. The third kappa shape index (κ3) is 5.87. The minimum absolute atomic E-state index is 0.448. The van der Waals surface area contributed by atoms with Crippen LogP contribution in [-0.2, 0) is 9.53 Å². The van der Waals surface area contributed by atoms with Crippen molar-refractivity contribution in [2.75, 3.05) is 37.0 Å². The van der Waals surface area contributed by atoms with Crippen molar-refractivity contribution in [2.24, 2.45) is 5.92 Å². The Hall–Kier alpha value is -2.24. The lowest BCUT2D eigenvalue weighted by Gasteiger charge is -2.37. The van der Waals surface area contributed by atoms with Gasteiger partial charge in [0.2, 0.25) is 6.41 Å². The minimum atomic E-state index is -0.448. The van der Waals surface area contributed by atoms with Crippen molar-refractivity contribution in [3.63, 3.8) is 0 Å². The highest BCUT2D eigenvalue weighted by atomic mass is 16.5. The Labute approximate surface area is 174 Å². The number of hydrogen-bond donors (Lipinski definition) is 1. The maximum absolute atomic E-state index is 11.6. The van der Waals surface area contributed by atoms with E-state index in [1.165, 1.54) is 57.7 Å². The molecule has 0 spiro atoms. The molecule has 0 bridgehead atoms. The average Bonchev–Trinajstić information content (AvgIpc) is 2.76. The lowest BCUT2D eigenvalue weighted by Crippen LogP contribution is -2.40. The Bertz CT molecular complexity index is 688.